The Labute approximate surface area is 285 Å². The number of nitrogens with one attached hydrogen (secondary N) is 3. The van der Waals surface area contributed by atoms with Crippen LogP contribution in [-0.2, 0) is 27.1 Å². The van der Waals surface area contributed by atoms with Crippen LogP contribution >= 0.6 is 24.1 Å². The summed E-state index contributed by atoms with van der Waals surface area (Å²) in [4.78, 5) is 2.93. The van der Waals surface area contributed by atoms with Crippen molar-refractivity contribution in [2.45, 2.75) is 74.1 Å². The van der Waals surface area contributed by atoms with Gasteiger partial charge in [-0.15, -0.1) is 0 Å². The van der Waals surface area contributed by atoms with Gasteiger partial charge in [0.15, 0.2) is 0 Å². The number of hydrogen-bond donors (Lipinski definition) is 3. The molecule has 1 aliphatic heterocycles. The Hall–Kier alpha value is -0.750. The predicted octanol–water partition coefficient (Wildman–Crippen LogP) is 8.50. The molecular weight excluding hydrogens is 903 g/mol. The van der Waals surface area contributed by atoms with Crippen LogP contribution in [0, 0.1) is 0 Å². The molecule has 36 heteroatoms. The maximum absolute atomic E-state index is 14.0. The van der Waals surface area contributed by atoms with Crippen molar-refractivity contribution in [3.8, 4) is 0 Å². The van der Waals surface area contributed by atoms with Crippen molar-refractivity contribution in [1.82, 2.24) is 14.6 Å². The molecule has 3 N–H and O–H groups in total. The van der Waals surface area contributed by atoms with E-state index in [1.807, 2.05) is 0 Å². The van der Waals surface area contributed by atoms with Crippen molar-refractivity contribution in [1.29, 1.82) is 0 Å². The van der Waals surface area contributed by atoms with Gasteiger partial charge >= 0.3 is 285 Å². The van der Waals surface area contributed by atoms with Crippen molar-refractivity contribution in [2.24, 2.45) is 0 Å². The first-order valence-corrected chi connectivity index (χ1v) is 18.6. The van der Waals surface area contributed by atoms with Crippen LogP contribution in [0.2, 0.25) is 0 Å². The van der Waals surface area contributed by atoms with E-state index in [0.29, 0.717) is 0 Å². The number of hydrogen-bond acceptors (Lipinski definition) is 9. The molecule has 0 saturated carbocycles. The third-order valence-electron chi connectivity index (χ3n) is 5.71. The van der Waals surface area contributed by atoms with Gasteiger partial charge in [-0.2, -0.15) is 0 Å². The number of rotatable bonds is 24. The van der Waals surface area contributed by atoms with E-state index in [0.717, 1.165) is 14.6 Å². The zero-order chi connectivity index (χ0) is 42.6. The van der Waals surface area contributed by atoms with Gasteiger partial charge < -0.3 is 0 Å². The Kier molecular flexibility index (Phi) is 17.5. The zero-order valence-electron chi connectivity index (χ0n) is 25.2. The molecule has 330 valence electrons. The molecule has 0 atom stereocenters. The predicted molar refractivity (Wildman–Crippen MR) is 136 cm³/mol. The van der Waals surface area contributed by atoms with Gasteiger partial charge in [0.05, 0.1) is 0 Å². The summed E-state index contributed by atoms with van der Waals surface area (Å²) in [5, 5.41) is 0. The van der Waals surface area contributed by atoms with Gasteiger partial charge in [-0.25, -0.2) is 0 Å². The van der Waals surface area contributed by atoms with Crippen molar-refractivity contribution in [2.75, 3.05) is 39.6 Å². The van der Waals surface area contributed by atoms with Crippen molar-refractivity contribution < 1.29 is 133 Å². The molecule has 0 aromatic carbocycles. The third-order valence-corrected chi connectivity index (χ3v) is 16.9. The van der Waals surface area contributed by atoms with Crippen LogP contribution in [0.4, 0.5) is 105 Å². The Morgan fingerprint density at radius 3 is 0.481 bits per heavy atom. The van der Waals surface area contributed by atoms with Gasteiger partial charge in [-0.1, -0.05) is 0 Å². The molecule has 1 saturated heterocycles. The van der Waals surface area contributed by atoms with E-state index in [9.17, 15) is 105 Å². The fourth-order valence-electron chi connectivity index (χ4n) is 2.87. The molecule has 0 aliphatic carbocycles. The summed E-state index contributed by atoms with van der Waals surface area (Å²) >= 11 is 0. The summed E-state index contributed by atoms with van der Waals surface area (Å²) < 4.78 is 348. The van der Waals surface area contributed by atoms with Crippen molar-refractivity contribution in [3.05, 3.63) is 0 Å². The zero-order valence-corrected chi connectivity index (χ0v) is 28.2. The first kappa shape index (κ1) is 51.3. The second-order valence-corrected chi connectivity index (χ2v) is 18.8. The van der Waals surface area contributed by atoms with Crippen LogP contribution in [0.3, 0.4) is 0 Å². The minimum atomic E-state index is -7.05. The van der Waals surface area contributed by atoms with Gasteiger partial charge in [0, 0.05) is 0 Å². The third kappa shape index (κ3) is 14.3. The van der Waals surface area contributed by atoms with E-state index < -0.39 is 138 Å². The van der Waals surface area contributed by atoms with Crippen LogP contribution in [0.25, 0.3) is 0 Å². The molecule has 0 aromatic heterocycles. The normalized spacial score (nSPS) is 20.8. The van der Waals surface area contributed by atoms with Crippen molar-refractivity contribution in [3.63, 3.8) is 0 Å². The van der Waals surface area contributed by atoms with E-state index in [1.54, 1.807) is 0 Å². The summed E-state index contributed by atoms with van der Waals surface area (Å²) in [5.41, 5.74) is 0. The van der Waals surface area contributed by atoms with E-state index in [-0.39, 0.29) is 0 Å². The van der Waals surface area contributed by atoms with E-state index in [2.05, 4.69) is 27.1 Å². The fraction of sp³-hybridized carbons (Fsp3) is 1.00. The van der Waals surface area contributed by atoms with Gasteiger partial charge in [0.1, 0.15) is 0 Å². The second-order valence-electron chi connectivity index (χ2n) is 10.3. The molecule has 0 aromatic rings. The molecule has 1 aliphatic rings. The first-order valence-electron chi connectivity index (χ1n) is 13.2. The second kappa shape index (κ2) is 18.4. The molecule has 0 radical (unpaired) electrons. The fourth-order valence-corrected chi connectivity index (χ4v) is 16.6. The summed E-state index contributed by atoms with van der Waals surface area (Å²) in [6.07, 6.45) is -29.7. The molecule has 1 rings (SSSR count). The molecular formula is C18H24F24N3O6P3. The maximum atomic E-state index is 14.0. The van der Waals surface area contributed by atoms with Crippen molar-refractivity contribution >= 4 is 24.1 Å². The molecule has 9 nitrogen and oxygen atoms in total. The van der Waals surface area contributed by atoms with Gasteiger partial charge in [-0.3, -0.25) is 0 Å². The van der Waals surface area contributed by atoms with Gasteiger partial charge in [0.2, 0.25) is 0 Å². The summed E-state index contributed by atoms with van der Waals surface area (Å²) in [6.45, 7) is -18.7. The molecule has 0 amide bonds. The first-order chi connectivity index (χ1) is 24.0. The Bertz CT molecular complexity index is 958. The van der Waals surface area contributed by atoms with Crippen LogP contribution in [0.5, 0.6) is 0 Å². The Morgan fingerprint density at radius 2 is 0.389 bits per heavy atom. The summed E-state index contributed by atoms with van der Waals surface area (Å²) in [7, 11) is -21.2. The summed E-state index contributed by atoms with van der Waals surface area (Å²) in [6, 6.07) is 0. The van der Waals surface area contributed by atoms with Crippen LogP contribution in [-0.4, -0.2) is 114 Å². The average molecular weight is 927 g/mol. The Morgan fingerprint density at radius 1 is 0.278 bits per heavy atom. The topological polar surface area (TPSA) is 91.5 Å². The van der Waals surface area contributed by atoms with E-state index in [4.69, 9.17) is 0 Å². The molecule has 1 heterocycles. The standard InChI is InChI=1S/C18H24F24N3O6P3/c19-7(20)13(31,32)1-46-52(47-2-14(33,34)8(21)22)43-53(48-3-15(35,36)9(23)24,49-4-16(37,38)10(25)26)45-54(44-52,50-5-17(39,40)11(27)28)51-6-18(41,42)12(29)30/h7-12,43-45,52-54H,1-6H2. The van der Waals surface area contributed by atoms with Crippen LogP contribution < -0.4 is 14.6 Å². The molecule has 0 unspecified atom stereocenters. The molecule has 54 heavy (non-hydrogen) atoms. The van der Waals surface area contributed by atoms with E-state index in [1.165, 1.54) is 0 Å². The number of alkyl halides is 24. The average Bonchev–Trinajstić information content (AvgIpc) is 3.03. The monoisotopic (exact) mass is 927 g/mol. The van der Waals surface area contributed by atoms with Gasteiger partial charge in [0.25, 0.3) is 0 Å². The van der Waals surface area contributed by atoms with Crippen LogP contribution in [0.15, 0.2) is 0 Å². The minimum absolute atomic E-state index is 0.978. The molecule has 1 fully saturated rings. The quantitative estimate of drug-likeness (QED) is 0.0652. The SMILES string of the molecule is FC(F)C(F)(F)CO[PH]1(OCC(F)(F)C(F)F)N[PH](OCC(F)(F)C(F)F)(OCC(F)(F)C(F)F)N[PH](OCC(F)(F)C(F)F)(OCC(F)(F)C(F)F)N1. The Balaban J connectivity index is 4.30. The number of halogens is 24. The van der Waals surface area contributed by atoms with Gasteiger partial charge in [-0.05, 0) is 0 Å². The molecule has 0 spiro atoms. The summed E-state index contributed by atoms with van der Waals surface area (Å²) in [5.74, 6) is -34.1. The van der Waals surface area contributed by atoms with E-state index >= 15 is 0 Å². The molecule has 0 bridgehead atoms. The van der Waals surface area contributed by atoms with Crippen LogP contribution in [0.1, 0.15) is 0 Å².